The molecule has 2 N–H and O–H groups in total. The largest absolute Gasteiger partial charge is 0.349 e. The molecule has 0 radical (unpaired) electrons. The van der Waals surface area contributed by atoms with Gasteiger partial charge in [-0.2, -0.15) is 0 Å². The molecule has 2 amide bonds. The van der Waals surface area contributed by atoms with E-state index < -0.39 is 0 Å². The Morgan fingerprint density at radius 2 is 1.81 bits per heavy atom. The van der Waals surface area contributed by atoms with E-state index in [2.05, 4.69) is 48.7 Å². The lowest BCUT2D eigenvalue weighted by Gasteiger charge is -2.24. The second-order valence-electron chi connectivity index (χ2n) is 8.13. The molecule has 0 fully saturated rings. The quantitative estimate of drug-likeness (QED) is 0.490. The highest BCUT2D eigenvalue weighted by molar-refractivity contribution is 6.07. The number of aryl methyl sites for hydroxylation is 1. The van der Waals surface area contributed by atoms with Gasteiger partial charge in [0.1, 0.15) is 5.69 Å². The van der Waals surface area contributed by atoms with Gasteiger partial charge in [-0.3, -0.25) is 9.59 Å². The highest BCUT2D eigenvalue weighted by Gasteiger charge is 2.24. The lowest BCUT2D eigenvalue weighted by molar-refractivity contribution is 0.0919. The molecule has 0 aliphatic carbocycles. The smallest absolute Gasteiger partial charge is 0.268 e. The zero-order chi connectivity index (χ0) is 21.5. The van der Waals surface area contributed by atoms with Gasteiger partial charge in [0.25, 0.3) is 11.8 Å². The van der Waals surface area contributed by atoms with Crippen LogP contribution < -0.4 is 10.6 Å². The molecule has 5 nitrogen and oxygen atoms in total. The van der Waals surface area contributed by atoms with Crippen molar-refractivity contribution < 1.29 is 9.59 Å². The minimum absolute atomic E-state index is 0.0757. The van der Waals surface area contributed by atoms with Gasteiger partial charge >= 0.3 is 0 Å². The minimum Gasteiger partial charge on any atom is -0.349 e. The van der Waals surface area contributed by atoms with Crippen molar-refractivity contribution in [2.75, 3.05) is 11.9 Å². The molecular formula is C26H23N3O2. The minimum atomic E-state index is -0.175. The van der Waals surface area contributed by atoms with Crippen LogP contribution in [-0.4, -0.2) is 22.9 Å². The molecular weight excluding hydrogens is 386 g/mol. The normalized spacial score (nSPS) is 15.4. The molecule has 5 heteroatoms. The first-order chi connectivity index (χ1) is 15.0. The standard InChI is InChI=1S/C26H23N3O2/c1-16-6-8-18(9-7-16)19-4-3-5-22(12-19)28-25(30)21-11-10-20-13-24-26(31)27-15-17(2)29(24)23(20)14-21/h3-14,17H,15H2,1-2H3,(H,27,31)(H,28,30). The van der Waals surface area contributed by atoms with Crippen LogP contribution >= 0.6 is 0 Å². The van der Waals surface area contributed by atoms with E-state index in [1.165, 1.54) is 5.56 Å². The average molecular weight is 409 g/mol. The number of rotatable bonds is 3. The molecule has 1 aliphatic heterocycles. The van der Waals surface area contributed by atoms with Crippen molar-refractivity contribution in [3.8, 4) is 11.1 Å². The SMILES string of the molecule is Cc1ccc(-c2cccc(NC(=O)c3ccc4cc5n(c4c3)C(C)CNC5=O)c2)cc1. The maximum atomic E-state index is 13.0. The fourth-order valence-corrected chi connectivity index (χ4v) is 4.16. The van der Waals surface area contributed by atoms with Crippen molar-refractivity contribution in [3.63, 3.8) is 0 Å². The Bertz CT molecular complexity index is 1320. The van der Waals surface area contributed by atoms with Crippen LogP contribution in [0.2, 0.25) is 0 Å². The van der Waals surface area contributed by atoms with Crippen molar-refractivity contribution in [2.24, 2.45) is 0 Å². The van der Waals surface area contributed by atoms with Crippen LogP contribution in [0.4, 0.5) is 5.69 Å². The summed E-state index contributed by atoms with van der Waals surface area (Å²) in [6.07, 6.45) is 0. The molecule has 4 aromatic rings. The Balaban J connectivity index is 1.44. The number of hydrogen-bond donors (Lipinski definition) is 2. The molecule has 2 heterocycles. The third-order valence-corrected chi connectivity index (χ3v) is 5.84. The summed E-state index contributed by atoms with van der Waals surface area (Å²) in [4.78, 5) is 25.2. The maximum absolute atomic E-state index is 13.0. The average Bonchev–Trinajstić information content (AvgIpc) is 3.17. The molecule has 5 rings (SSSR count). The summed E-state index contributed by atoms with van der Waals surface area (Å²) in [5, 5.41) is 6.87. The van der Waals surface area contributed by atoms with Crippen LogP contribution in [0.15, 0.2) is 72.8 Å². The Morgan fingerprint density at radius 1 is 1.00 bits per heavy atom. The van der Waals surface area contributed by atoms with E-state index in [0.29, 0.717) is 17.8 Å². The van der Waals surface area contributed by atoms with Gasteiger partial charge in [-0.05, 0) is 55.3 Å². The molecule has 0 saturated carbocycles. The Labute approximate surface area is 180 Å². The van der Waals surface area contributed by atoms with E-state index in [9.17, 15) is 9.59 Å². The molecule has 1 atom stereocenters. The molecule has 0 saturated heterocycles. The third kappa shape index (κ3) is 3.48. The van der Waals surface area contributed by atoms with Crippen LogP contribution in [0.25, 0.3) is 22.0 Å². The van der Waals surface area contributed by atoms with Gasteiger partial charge in [0.15, 0.2) is 0 Å². The van der Waals surface area contributed by atoms with Gasteiger partial charge in [-0.15, -0.1) is 0 Å². The van der Waals surface area contributed by atoms with E-state index in [1.54, 1.807) is 6.07 Å². The monoisotopic (exact) mass is 409 g/mol. The predicted molar refractivity (Wildman–Crippen MR) is 124 cm³/mol. The second kappa shape index (κ2) is 7.43. The summed E-state index contributed by atoms with van der Waals surface area (Å²) in [7, 11) is 0. The lowest BCUT2D eigenvalue weighted by Crippen LogP contribution is -2.37. The van der Waals surface area contributed by atoms with Gasteiger partial charge in [0, 0.05) is 34.7 Å². The highest BCUT2D eigenvalue weighted by atomic mass is 16.2. The number of anilines is 1. The van der Waals surface area contributed by atoms with Crippen molar-refractivity contribution in [2.45, 2.75) is 19.9 Å². The molecule has 1 aromatic heterocycles. The van der Waals surface area contributed by atoms with E-state index in [0.717, 1.165) is 27.7 Å². The van der Waals surface area contributed by atoms with E-state index in [1.807, 2.05) is 47.0 Å². The van der Waals surface area contributed by atoms with Crippen molar-refractivity contribution >= 4 is 28.4 Å². The maximum Gasteiger partial charge on any atom is 0.268 e. The van der Waals surface area contributed by atoms with Crippen LogP contribution in [-0.2, 0) is 0 Å². The predicted octanol–water partition coefficient (Wildman–Crippen LogP) is 5.17. The Hall–Kier alpha value is -3.86. The third-order valence-electron chi connectivity index (χ3n) is 5.84. The molecule has 3 aromatic carbocycles. The number of nitrogens with zero attached hydrogens (tertiary/aromatic N) is 1. The number of carbonyl (C=O) groups excluding carboxylic acids is 2. The van der Waals surface area contributed by atoms with Crippen molar-refractivity contribution in [1.82, 2.24) is 9.88 Å². The second-order valence-corrected chi connectivity index (χ2v) is 8.13. The zero-order valence-corrected chi connectivity index (χ0v) is 17.5. The number of carbonyl (C=O) groups is 2. The molecule has 0 spiro atoms. The molecule has 0 bridgehead atoms. The number of fused-ring (bicyclic) bond motifs is 3. The van der Waals surface area contributed by atoms with Crippen LogP contribution in [0.1, 0.15) is 39.4 Å². The fourth-order valence-electron chi connectivity index (χ4n) is 4.16. The summed E-state index contributed by atoms with van der Waals surface area (Å²) >= 11 is 0. The Morgan fingerprint density at radius 3 is 2.61 bits per heavy atom. The lowest BCUT2D eigenvalue weighted by atomic mass is 10.0. The van der Waals surface area contributed by atoms with E-state index >= 15 is 0 Å². The molecule has 31 heavy (non-hydrogen) atoms. The van der Waals surface area contributed by atoms with E-state index in [4.69, 9.17) is 0 Å². The number of nitrogens with one attached hydrogen (secondary N) is 2. The van der Waals surface area contributed by atoms with Gasteiger partial charge in [-0.25, -0.2) is 0 Å². The summed E-state index contributed by atoms with van der Waals surface area (Å²) < 4.78 is 2.02. The van der Waals surface area contributed by atoms with Crippen LogP contribution in [0, 0.1) is 6.92 Å². The van der Waals surface area contributed by atoms with Gasteiger partial charge in [0.05, 0.1) is 0 Å². The number of amides is 2. The summed E-state index contributed by atoms with van der Waals surface area (Å²) in [5.41, 5.74) is 6.21. The topological polar surface area (TPSA) is 63.1 Å². The fraction of sp³-hybridized carbons (Fsp3) is 0.154. The van der Waals surface area contributed by atoms with E-state index in [-0.39, 0.29) is 17.9 Å². The van der Waals surface area contributed by atoms with Crippen LogP contribution in [0.3, 0.4) is 0 Å². The zero-order valence-electron chi connectivity index (χ0n) is 17.5. The van der Waals surface area contributed by atoms with Gasteiger partial charge < -0.3 is 15.2 Å². The molecule has 1 aliphatic rings. The summed E-state index contributed by atoms with van der Waals surface area (Å²) in [6, 6.07) is 23.7. The highest BCUT2D eigenvalue weighted by Crippen LogP contribution is 2.28. The first-order valence-corrected chi connectivity index (χ1v) is 10.4. The number of hydrogen-bond acceptors (Lipinski definition) is 2. The van der Waals surface area contributed by atoms with Crippen molar-refractivity contribution in [3.05, 3.63) is 89.6 Å². The first-order valence-electron chi connectivity index (χ1n) is 10.4. The number of benzene rings is 3. The number of aromatic nitrogens is 1. The summed E-state index contributed by atoms with van der Waals surface area (Å²) in [6.45, 7) is 4.70. The van der Waals surface area contributed by atoms with Gasteiger partial charge in [-0.1, -0.05) is 48.0 Å². The van der Waals surface area contributed by atoms with Crippen molar-refractivity contribution in [1.29, 1.82) is 0 Å². The molecule has 1 unspecified atom stereocenters. The first kappa shape index (κ1) is 19.1. The molecule has 154 valence electrons. The van der Waals surface area contributed by atoms with Gasteiger partial charge in [0.2, 0.25) is 0 Å². The Kier molecular flexibility index (Phi) is 4.59. The summed E-state index contributed by atoms with van der Waals surface area (Å²) in [5.74, 6) is -0.250. The van der Waals surface area contributed by atoms with Crippen LogP contribution in [0.5, 0.6) is 0 Å².